The number of carbonyl (C=O) groups excluding carboxylic acids is 5. The van der Waals surface area contributed by atoms with E-state index < -0.39 is 43.0 Å². The molecular formula is C18H32N4O6. The highest BCUT2D eigenvalue weighted by atomic mass is 16.3. The summed E-state index contributed by atoms with van der Waals surface area (Å²) in [6, 6.07) is -1.90. The summed E-state index contributed by atoms with van der Waals surface area (Å²) in [6.45, 7) is 6.37. The minimum absolute atomic E-state index is 0.0956. The topological polar surface area (TPSA) is 145 Å². The van der Waals surface area contributed by atoms with E-state index in [9.17, 15) is 24.0 Å². The van der Waals surface area contributed by atoms with E-state index >= 15 is 0 Å². The van der Waals surface area contributed by atoms with E-state index in [-0.39, 0.29) is 18.4 Å². The smallest absolute Gasteiger partial charge is 0.243 e. The van der Waals surface area contributed by atoms with Crippen molar-refractivity contribution in [3.05, 3.63) is 0 Å². The molecule has 4 amide bonds. The number of amides is 4. The zero-order valence-corrected chi connectivity index (χ0v) is 17.0. The van der Waals surface area contributed by atoms with Gasteiger partial charge in [-0.25, -0.2) is 0 Å². The number of rotatable bonds is 13. The second-order valence-electron chi connectivity index (χ2n) is 6.90. The van der Waals surface area contributed by atoms with Crippen molar-refractivity contribution in [2.45, 2.75) is 52.6 Å². The Hall–Kier alpha value is -2.49. The third-order valence-corrected chi connectivity index (χ3v) is 3.76. The molecule has 0 heterocycles. The highest BCUT2D eigenvalue weighted by molar-refractivity contribution is 5.92. The molecule has 0 aliphatic heterocycles. The highest BCUT2D eigenvalue weighted by Gasteiger charge is 2.24. The lowest BCUT2D eigenvalue weighted by Crippen LogP contribution is -2.52. The van der Waals surface area contributed by atoms with Crippen LogP contribution >= 0.6 is 0 Å². The molecule has 0 saturated carbocycles. The number of nitrogens with zero attached hydrogens (tertiary/aromatic N) is 1. The molecule has 0 spiro atoms. The van der Waals surface area contributed by atoms with Gasteiger partial charge < -0.3 is 30.8 Å². The largest absolute Gasteiger partial charge is 0.394 e. The molecule has 0 rings (SSSR count). The quantitative estimate of drug-likeness (QED) is 0.279. The summed E-state index contributed by atoms with van der Waals surface area (Å²) in [5, 5.41) is 16.1. The van der Waals surface area contributed by atoms with Gasteiger partial charge in [0.15, 0.2) is 0 Å². The van der Waals surface area contributed by atoms with Crippen LogP contribution < -0.4 is 16.0 Å². The summed E-state index contributed by atoms with van der Waals surface area (Å²) >= 11 is 0. The van der Waals surface area contributed by atoms with Crippen molar-refractivity contribution in [1.29, 1.82) is 0 Å². The molecule has 2 atom stereocenters. The van der Waals surface area contributed by atoms with Crippen LogP contribution in [0, 0.1) is 5.92 Å². The molecule has 0 fully saturated rings. The van der Waals surface area contributed by atoms with E-state index in [4.69, 9.17) is 5.11 Å². The van der Waals surface area contributed by atoms with Gasteiger partial charge in [-0.15, -0.1) is 0 Å². The molecule has 10 heteroatoms. The van der Waals surface area contributed by atoms with Crippen molar-refractivity contribution < 1.29 is 29.1 Å². The van der Waals surface area contributed by atoms with Crippen LogP contribution in [0.25, 0.3) is 0 Å². The summed E-state index contributed by atoms with van der Waals surface area (Å²) in [5.74, 6) is -1.78. The van der Waals surface area contributed by atoms with Gasteiger partial charge in [0.25, 0.3) is 0 Å². The van der Waals surface area contributed by atoms with Crippen molar-refractivity contribution in [3.63, 3.8) is 0 Å². The Labute approximate surface area is 165 Å². The monoisotopic (exact) mass is 400 g/mol. The number of carbonyl (C=O) groups is 5. The van der Waals surface area contributed by atoms with Gasteiger partial charge in [0, 0.05) is 13.5 Å². The van der Waals surface area contributed by atoms with Crippen molar-refractivity contribution in [1.82, 2.24) is 20.9 Å². The van der Waals surface area contributed by atoms with Crippen LogP contribution in [0.1, 0.15) is 40.5 Å². The predicted octanol–water partition coefficient (Wildman–Crippen LogP) is -1.43. The van der Waals surface area contributed by atoms with Crippen molar-refractivity contribution in [2.75, 3.05) is 26.2 Å². The molecular weight excluding hydrogens is 368 g/mol. The fourth-order valence-electron chi connectivity index (χ4n) is 2.41. The maximum Gasteiger partial charge on any atom is 0.243 e. The van der Waals surface area contributed by atoms with Crippen LogP contribution in [-0.4, -0.2) is 78.2 Å². The lowest BCUT2D eigenvalue weighted by molar-refractivity contribution is -0.136. The number of aliphatic hydroxyl groups excluding tert-OH is 1. The summed E-state index contributed by atoms with van der Waals surface area (Å²) in [6.07, 6.45) is 1.44. The third-order valence-electron chi connectivity index (χ3n) is 3.76. The first-order valence-electron chi connectivity index (χ1n) is 9.32. The Morgan fingerprint density at radius 2 is 1.75 bits per heavy atom. The molecule has 0 aromatic carbocycles. The average molecular weight is 400 g/mol. The Balaban J connectivity index is 4.80. The zero-order valence-electron chi connectivity index (χ0n) is 17.0. The van der Waals surface area contributed by atoms with Gasteiger partial charge in [-0.05, 0) is 18.8 Å². The number of hydrogen-bond donors (Lipinski definition) is 4. The average Bonchev–Trinajstić information content (AvgIpc) is 2.62. The van der Waals surface area contributed by atoms with Crippen molar-refractivity contribution in [2.24, 2.45) is 5.92 Å². The van der Waals surface area contributed by atoms with E-state index in [1.165, 1.54) is 11.8 Å². The SMILES string of the molecule is CCCN(CC(=O)NC(CC(C)C)C(=O)NCC(=O)NC(C=O)CO)C(C)=O. The zero-order chi connectivity index (χ0) is 21.7. The second-order valence-corrected chi connectivity index (χ2v) is 6.90. The van der Waals surface area contributed by atoms with E-state index in [0.29, 0.717) is 25.7 Å². The molecule has 160 valence electrons. The second kappa shape index (κ2) is 13.6. The van der Waals surface area contributed by atoms with Crippen molar-refractivity contribution in [3.8, 4) is 0 Å². The fourth-order valence-corrected chi connectivity index (χ4v) is 2.41. The van der Waals surface area contributed by atoms with Gasteiger partial charge in [0.05, 0.1) is 19.7 Å². The number of aliphatic hydroxyl groups is 1. The van der Waals surface area contributed by atoms with Crippen LogP contribution in [-0.2, 0) is 24.0 Å². The number of nitrogens with one attached hydrogen (secondary N) is 3. The molecule has 0 aromatic rings. The maximum atomic E-state index is 12.4. The number of aldehydes is 1. The van der Waals surface area contributed by atoms with Crippen LogP contribution in [0.4, 0.5) is 0 Å². The summed E-state index contributed by atoms with van der Waals surface area (Å²) in [4.78, 5) is 59.9. The summed E-state index contributed by atoms with van der Waals surface area (Å²) < 4.78 is 0. The minimum Gasteiger partial charge on any atom is -0.394 e. The molecule has 0 saturated heterocycles. The van der Waals surface area contributed by atoms with Gasteiger partial charge >= 0.3 is 0 Å². The van der Waals surface area contributed by atoms with Gasteiger partial charge in [0.2, 0.25) is 23.6 Å². The van der Waals surface area contributed by atoms with Gasteiger partial charge in [-0.1, -0.05) is 20.8 Å². The fraction of sp³-hybridized carbons (Fsp3) is 0.722. The summed E-state index contributed by atoms with van der Waals surface area (Å²) in [5.41, 5.74) is 0. The first-order chi connectivity index (χ1) is 13.1. The maximum absolute atomic E-state index is 12.4. The van der Waals surface area contributed by atoms with Gasteiger partial charge in [-0.3, -0.25) is 19.2 Å². The van der Waals surface area contributed by atoms with E-state index in [2.05, 4.69) is 16.0 Å². The van der Waals surface area contributed by atoms with Crippen molar-refractivity contribution >= 4 is 29.9 Å². The van der Waals surface area contributed by atoms with Crippen LogP contribution in [0.5, 0.6) is 0 Å². The third kappa shape index (κ3) is 10.6. The Morgan fingerprint density at radius 3 is 2.21 bits per heavy atom. The molecule has 2 unspecified atom stereocenters. The molecule has 0 aromatic heterocycles. The van der Waals surface area contributed by atoms with Crippen LogP contribution in [0.15, 0.2) is 0 Å². The van der Waals surface area contributed by atoms with Crippen LogP contribution in [0.2, 0.25) is 0 Å². The van der Waals surface area contributed by atoms with Crippen LogP contribution in [0.3, 0.4) is 0 Å². The van der Waals surface area contributed by atoms with E-state index in [1.54, 1.807) is 0 Å². The molecule has 10 nitrogen and oxygen atoms in total. The molecule has 0 bridgehead atoms. The van der Waals surface area contributed by atoms with Gasteiger partial charge in [-0.2, -0.15) is 0 Å². The Morgan fingerprint density at radius 1 is 1.11 bits per heavy atom. The predicted molar refractivity (Wildman–Crippen MR) is 102 cm³/mol. The Kier molecular flexibility index (Phi) is 12.4. The van der Waals surface area contributed by atoms with E-state index in [1.807, 2.05) is 20.8 Å². The number of hydrogen-bond acceptors (Lipinski definition) is 6. The molecule has 0 aliphatic rings. The lowest BCUT2D eigenvalue weighted by atomic mass is 10.0. The Bertz CT molecular complexity index is 552. The minimum atomic E-state index is -1.04. The van der Waals surface area contributed by atoms with E-state index in [0.717, 1.165) is 0 Å². The first-order valence-corrected chi connectivity index (χ1v) is 9.32. The van der Waals surface area contributed by atoms with Gasteiger partial charge in [0.1, 0.15) is 18.4 Å². The molecule has 0 radical (unpaired) electrons. The first kappa shape index (κ1) is 25.5. The summed E-state index contributed by atoms with van der Waals surface area (Å²) in [7, 11) is 0. The standard InChI is InChI=1S/C18H32N4O6/c1-5-6-22(13(4)25)9-17(27)21-15(7-12(2)3)18(28)19-8-16(26)20-14(10-23)11-24/h10,12,14-15,24H,5-9,11H2,1-4H3,(H,19,28)(H,20,26)(H,21,27). The molecule has 4 N–H and O–H groups in total. The lowest BCUT2D eigenvalue weighted by Gasteiger charge is -2.23. The highest BCUT2D eigenvalue weighted by Crippen LogP contribution is 2.05. The molecule has 28 heavy (non-hydrogen) atoms. The molecule has 0 aliphatic carbocycles. The normalized spacial score (nSPS) is 12.6.